The predicted molar refractivity (Wildman–Crippen MR) is 72.0 cm³/mol. The summed E-state index contributed by atoms with van der Waals surface area (Å²) < 4.78 is 17.1. The molecule has 1 amide bonds. The van der Waals surface area contributed by atoms with Gasteiger partial charge in [-0.05, 0) is 25.1 Å². The lowest BCUT2D eigenvalue weighted by atomic mass is 10.3. The molecule has 0 heterocycles. The van der Waals surface area contributed by atoms with Gasteiger partial charge < -0.3 is 15.4 Å². The third-order valence-electron chi connectivity index (χ3n) is 2.62. The Hall–Kier alpha value is -1.56. The fourth-order valence-electron chi connectivity index (χ4n) is 1.32. The number of nitrogens with zero attached hydrogens (tertiary/aromatic N) is 1. The van der Waals surface area contributed by atoms with Crippen molar-refractivity contribution in [2.24, 2.45) is 0 Å². The zero-order valence-corrected chi connectivity index (χ0v) is 11.6. The fraction of sp³-hybridized carbons (Fsp3) is 0.417. The molecule has 0 aliphatic rings. The number of nitrogen functional groups attached to an aromatic ring is 1. The van der Waals surface area contributed by atoms with Gasteiger partial charge >= 0.3 is 0 Å². The van der Waals surface area contributed by atoms with E-state index in [0.29, 0.717) is 22.9 Å². The molecule has 6 heteroatoms. The van der Waals surface area contributed by atoms with Crippen molar-refractivity contribution in [3.8, 4) is 5.75 Å². The van der Waals surface area contributed by atoms with E-state index >= 15 is 0 Å². The van der Waals surface area contributed by atoms with E-state index in [9.17, 15) is 9.00 Å². The van der Waals surface area contributed by atoms with Gasteiger partial charge in [0.2, 0.25) is 5.91 Å². The number of hydrogen-bond acceptors (Lipinski definition) is 4. The summed E-state index contributed by atoms with van der Waals surface area (Å²) in [4.78, 5) is 13.6. The van der Waals surface area contributed by atoms with Crippen LogP contribution in [0.5, 0.6) is 5.75 Å². The maximum Gasteiger partial charge on any atom is 0.235 e. The first kappa shape index (κ1) is 14.5. The van der Waals surface area contributed by atoms with Crippen LogP contribution in [-0.4, -0.2) is 41.5 Å². The molecular weight excluding hydrogens is 252 g/mol. The minimum absolute atomic E-state index is 0.0678. The van der Waals surface area contributed by atoms with E-state index in [1.165, 1.54) is 12.0 Å². The van der Waals surface area contributed by atoms with E-state index in [0.717, 1.165) is 0 Å². The lowest BCUT2D eigenvalue weighted by Crippen LogP contribution is -2.30. The van der Waals surface area contributed by atoms with Crippen molar-refractivity contribution in [1.82, 2.24) is 4.90 Å². The molecule has 0 aliphatic heterocycles. The van der Waals surface area contributed by atoms with Gasteiger partial charge in [-0.1, -0.05) is 0 Å². The van der Waals surface area contributed by atoms with Crippen molar-refractivity contribution < 1.29 is 13.7 Å². The number of carbonyl (C=O) groups excluding carboxylic acids is 1. The smallest absolute Gasteiger partial charge is 0.235 e. The van der Waals surface area contributed by atoms with Crippen molar-refractivity contribution in [3.63, 3.8) is 0 Å². The molecule has 1 aromatic rings. The molecule has 18 heavy (non-hydrogen) atoms. The monoisotopic (exact) mass is 270 g/mol. The normalized spacial score (nSPS) is 11.9. The average molecular weight is 270 g/mol. The molecule has 0 aliphatic carbocycles. The lowest BCUT2D eigenvalue weighted by molar-refractivity contribution is -0.126. The molecule has 0 saturated carbocycles. The van der Waals surface area contributed by atoms with E-state index in [4.69, 9.17) is 10.5 Å². The summed E-state index contributed by atoms with van der Waals surface area (Å²) in [6, 6.07) is 4.92. The highest BCUT2D eigenvalue weighted by atomic mass is 32.2. The van der Waals surface area contributed by atoms with Crippen molar-refractivity contribution in [2.75, 3.05) is 32.2 Å². The van der Waals surface area contributed by atoms with Crippen LogP contribution in [0.15, 0.2) is 23.1 Å². The molecule has 2 N–H and O–H groups in total. The summed E-state index contributed by atoms with van der Waals surface area (Å²) in [5.74, 6) is 0.337. The van der Waals surface area contributed by atoms with E-state index in [1.807, 2.05) is 6.92 Å². The van der Waals surface area contributed by atoms with Gasteiger partial charge in [0.25, 0.3) is 0 Å². The van der Waals surface area contributed by atoms with Crippen LogP contribution >= 0.6 is 0 Å². The van der Waals surface area contributed by atoms with Crippen LogP contribution in [0.2, 0.25) is 0 Å². The number of anilines is 1. The van der Waals surface area contributed by atoms with E-state index in [-0.39, 0.29) is 11.7 Å². The minimum atomic E-state index is -1.46. The maximum absolute atomic E-state index is 12.1. The first-order valence-electron chi connectivity index (χ1n) is 5.55. The minimum Gasteiger partial charge on any atom is -0.497 e. The summed E-state index contributed by atoms with van der Waals surface area (Å²) in [6.07, 6.45) is 0. The van der Waals surface area contributed by atoms with Crippen LogP contribution in [0, 0.1) is 0 Å². The molecule has 100 valence electrons. The Kier molecular flexibility index (Phi) is 5.15. The van der Waals surface area contributed by atoms with Crippen LogP contribution in [0.1, 0.15) is 6.92 Å². The van der Waals surface area contributed by atoms with Gasteiger partial charge in [-0.15, -0.1) is 0 Å². The molecule has 0 fully saturated rings. The Morgan fingerprint density at radius 1 is 1.50 bits per heavy atom. The Balaban J connectivity index is 2.87. The Labute approximate surface area is 109 Å². The second kappa shape index (κ2) is 6.39. The second-order valence-corrected chi connectivity index (χ2v) is 5.22. The molecule has 1 atom stereocenters. The predicted octanol–water partition coefficient (Wildman–Crippen LogP) is 0.863. The molecule has 1 unspecified atom stereocenters. The number of rotatable bonds is 5. The Morgan fingerprint density at radius 3 is 2.72 bits per heavy atom. The second-order valence-electron chi connectivity index (χ2n) is 3.80. The highest BCUT2D eigenvalue weighted by Gasteiger charge is 2.16. The van der Waals surface area contributed by atoms with Gasteiger partial charge in [0.1, 0.15) is 11.5 Å². The summed E-state index contributed by atoms with van der Waals surface area (Å²) in [7, 11) is 1.74. The number of amides is 1. The number of benzene rings is 1. The molecule has 1 rings (SSSR count). The van der Waals surface area contributed by atoms with Gasteiger partial charge in [0.15, 0.2) is 0 Å². The number of carbonyl (C=O) groups is 1. The molecule has 5 nitrogen and oxygen atoms in total. The highest BCUT2D eigenvalue weighted by molar-refractivity contribution is 7.86. The molecule has 0 bridgehead atoms. The summed E-state index contributed by atoms with van der Waals surface area (Å²) in [5.41, 5.74) is 6.16. The van der Waals surface area contributed by atoms with Crippen LogP contribution in [-0.2, 0) is 15.6 Å². The molecule has 0 saturated heterocycles. The van der Waals surface area contributed by atoms with Crippen LogP contribution in [0.25, 0.3) is 0 Å². The lowest BCUT2D eigenvalue weighted by Gasteiger charge is -2.14. The standard InChI is InChI=1S/C12H18N2O3S/c1-4-14(2)12(15)8-18(16)11-7-9(17-3)5-6-10(11)13/h5-7H,4,8,13H2,1-3H3. The topological polar surface area (TPSA) is 72.6 Å². The summed E-state index contributed by atoms with van der Waals surface area (Å²) in [6.45, 7) is 2.45. The SMILES string of the molecule is CCN(C)C(=O)CS(=O)c1cc(OC)ccc1N. The van der Waals surface area contributed by atoms with Crippen molar-refractivity contribution in [3.05, 3.63) is 18.2 Å². The molecular formula is C12H18N2O3S. The van der Waals surface area contributed by atoms with Crippen LogP contribution in [0.3, 0.4) is 0 Å². The van der Waals surface area contributed by atoms with E-state index in [2.05, 4.69) is 0 Å². The molecule has 0 aromatic heterocycles. The van der Waals surface area contributed by atoms with Crippen LogP contribution < -0.4 is 10.5 Å². The summed E-state index contributed by atoms with van der Waals surface area (Å²) >= 11 is 0. The number of ether oxygens (including phenoxy) is 1. The zero-order chi connectivity index (χ0) is 13.7. The third kappa shape index (κ3) is 3.46. The van der Waals surface area contributed by atoms with E-state index < -0.39 is 10.8 Å². The van der Waals surface area contributed by atoms with Gasteiger partial charge in [0, 0.05) is 19.3 Å². The molecule has 0 spiro atoms. The number of methoxy groups -OCH3 is 1. The van der Waals surface area contributed by atoms with Crippen molar-refractivity contribution in [2.45, 2.75) is 11.8 Å². The fourth-order valence-corrected chi connectivity index (χ4v) is 2.49. The quantitative estimate of drug-likeness (QED) is 0.806. The van der Waals surface area contributed by atoms with Gasteiger partial charge in [-0.25, -0.2) is 0 Å². The largest absolute Gasteiger partial charge is 0.497 e. The van der Waals surface area contributed by atoms with Crippen molar-refractivity contribution in [1.29, 1.82) is 0 Å². The van der Waals surface area contributed by atoms with E-state index in [1.54, 1.807) is 25.2 Å². The third-order valence-corrected chi connectivity index (χ3v) is 3.97. The number of nitrogens with two attached hydrogens (primary N) is 1. The van der Waals surface area contributed by atoms with Crippen molar-refractivity contribution >= 4 is 22.4 Å². The van der Waals surface area contributed by atoms with Gasteiger partial charge in [0.05, 0.1) is 22.8 Å². The highest BCUT2D eigenvalue weighted by Crippen LogP contribution is 2.22. The van der Waals surface area contributed by atoms with Gasteiger partial charge in [-0.2, -0.15) is 0 Å². The first-order chi connectivity index (χ1) is 8.49. The molecule has 1 aromatic carbocycles. The molecule has 0 radical (unpaired) electrons. The number of hydrogen-bond donors (Lipinski definition) is 1. The van der Waals surface area contributed by atoms with Gasteiger partial charge in [-0.3, -0.25) is 9.00 Å². The first-order valence-corrected chi connectivity index (χ1v) is 6.87. The van der Waals surface area contributed by atoms with Crippen LogP contribution in [0.4, 0.5) is 5.69 Å². The Morgan fingerprint density at radius 2 is 2.17 bits per heavy atom. The Bertz CT molecular complexity index is 463. The summed E-state index contributed by atoms with van der Waals surface area (Å²) in [5, 5.41) is 0. The average Bonchev–Trinajstić information content (AvgIpc) is 2.38. The maximum atomic E-state index is 12.1. The zero-order valence-electron chi connectivity index (χ0n) is 10.8.